The Bertz CT molecular complexity index is 522. The summed E-state index contributed by atoms with van der Waals surface area (Å²) in [6, 6.07) is 8.85. The summed E-state index contributed by atoms with van der Waals surface area (Å²) in [6.45, 7) is 9.93. The molecule has 0 radical (unpaired) electrons. The molecule has 3 heteroatoms. The molecule has 0 aliphatic rings. The zero-order chi connectivity index (χ0) is 13.9. The molecule has 0 amide bonds. The van der Waals surface area contributed by atoms with E-state index in [1.807, 2.05) is 6.20 Å². The smallest absolute Gasteiger partial charge is 0.0685 e. The third-order valence-electron chi connectivity index (χ3n) is 3.38. The summed E-state index contributed by atoms with van der Waals surface area (Å²) in [5, 5.41) is 9.27. The van der Waals surface area contributed by atoms with Crippen LogP contribution in [-0.2, 0) is 0 Å². The summed E-state index contributed by atoms with van der Waals surface area (Å²) in [5.74, 6) is 0. The second-order valence-electron chi connectivity index (χ2n) is 6.32. The van der Waals surface area contributed by atoms with Gasteiger partial charge in [0.15, 0.2) is 0 Å². The van der Waals surface area contributed by atoms with E-state index in [0.29, 0.717) is 6.04 Å². The molecule has 1 N–H and O–H groups in total. The lowest BCUT2D eigenvalue weighted by atomic mass is 10.1. The van der Waals surface area contributed by atoms with Crippen molar-refractivity contribution >= 4 is 10.9 Å². The largest absolute Gasteiger partial charge is 0.312 e. The van der Waals surface area contributed by atoms with Crippen molar-refractivity contribution in [3.05, 3.63) is 30.5 Å². The maximum Gasteiger partial charge on any atom is 0.0685 e. The second-order valence-corrected chi connectivity index (χ2v) is 6.32. The van der Waals surface area contributed by atoms with Crippen LogP contribution in [0.25, 0.3) is 10.9 Å². The number of nitrogens with one attached hydrogen (secondary N) is 1. The van der Waals surface area contributed by atoms with Crippen LogP contribution in [-0.4, -0.2) is 21.9 Å². The molecule has 0 spiro atoms. The molecule has 0 bridgehead atoms. The number of para-hydroxylation sites is 1. The zero-order valence-electron chi connectivity index (χ0n) is 12.5. The minimum Gasteiger partial charge on any atom is -0.312 e. The SMILES string of the molecule is CC(CCCNC(C)(C)C)n1ncc2ccccc21. The molecule has 2 aromatic rings. The van der Waals surface area contributed by atoms with Gasteiger partial charge in [0.1, 0.15) is 0 Å². The van der Waals surface area contributed by atoms with Gasteiger partial charge in [-0.15, -0.1) is 0 Å². The summed E-state index contributed by atoms with van der Waals surface area (Å²) in [4.78, 5) is 0. The highest BCUT2D eigenvalue weighted by Crippen LogP contribution is 2.20. The molecular formula is C16H25N3. The Labute approximate surface area is 116 Å². The molecule has 1 atom stereocenters. The van der Waals surface area contributed by atoms with Gasteiger partial charge in [0, 0.05) is 17.0 Å². The monoisotopic (exact) mass is 259 g/mol. The number of benzene rings is 1. The van der Waals surface area contributed by atoms with E-state index < -0.39 is 0 Å². The molecule has 0 aliphatic carbocycles. The fourth-order valence-electron chi connectivity index (χ4n) is 2.33. The van der Waals surface area contributed by atoms with Crippen molar-refractivity contribution < 1.29 is 0 Å². The normalized spacial score (nSPS) is 13.9. The van der Waals surface area contributed by atoms with Gasteiger partial charge in [0.25, 0.3) is 0 Å². The van der Waals surface area contributed by atoms with Crippen molar-refractivity contribution in [3.63, 3.8) is 0 Å². The molecular weight excluding hydrogens is 234 g/mol. The summed E-state index contributed by atoms with van der Waals surface area (Å²) in [6.07, 6.45) is 4.28. The lowest BCUT2D eigenvalue weighted by molar-refractivity contribution is 0.394. The highest BCUT2D eigenvalue weighted by atomic mass is 15.3. The van der Waals surface area contributed by atoms with Gasteiger partial charge in [0.05, 0.1) is 11.7 Å². The molecule has 2 rings (SSSR count). The summed E-state index contributed by atoms with van der Waals surface area (Å²) in [7, 11) is 0. The fourth-order valence-corrected chi connectivity index (χ4v) is 2.33. The van der Waals surface area contributed by atoms with E-state index >= 15 is 0 Å². The number of hydrogen-bond acceptors (Lipinski definition) is 2. The zero-order valence-corrected chi connectivity index (χ0v) is 12.5. The Hall–Kier alpha value is -1.35. The molecule has 3 nitrogen and oxygen atoms in total. The molecule has 1 aromatic heterocycles. The third-order valence-corrected chi connectivity index (χ3v) is 3.38. The third kappa shape index (κ3) is 3.80. The summed E-state index contributed by atoms with van der Waals surface area (Å²) >= 11 is 0. The average Bonchev–Trinajstić information content (AvgIpc) is 2.77. The molecule has 0 fully saturated rings. The van der Waals surface area contributed by atoms with Crippen molar-refractivity contribution in [1.29, 1.82) is 0 Å². The van der Waals surface area contributed by atoms with E-state index in [9.17, 15) is 0 Å². The maximum absolute atomic E-state index is 4.52. The van der Waals surface area contributed by atoms with Crippen LogP contribution in [0.5, 0.6) is 0 Å². The van der Waals surface area contributed by atoms with Gasteiger partial charge in [-0.1, -0.05) is 18.2 Å². The van der Waals surface area contributed by atoms with E-state index in [1.54, 1.807) is 0 Å². The van der Waals surface area contributed by atoms with Crippen LogP contribution in [0.2, 0.25) is 0 Å². The Balaban J connectivity index is 1.91. The van der Waals surface area contributed by atoms with Gasteiger partial charge in [-0.2, -0.15) is 5.10 Å². The number of rotatable bonds is 5. The van der Waals surface area contributed by atoms with Crippen LogP contribution in [0, 0.1) is 0 Å². The van der Waals surface area contributed by atoms with Crippen molar-refractivity contribution in [2.75, 3.05) is 6.54 Å². The lowest BCUT2D eigenvalue weighted by Gasteiger charge is -2.21. The minimum atomic E-state index is 0.210. The van der Waals surface area contributed by atoms with E-state index in [0.717, 1.165) is 13.0 Å². The predicted octanol–water partition coefficient (Wildman–Crippen LogP) is 3.77. The van der Waals surface area contributed by atoms with Crippen LogP contribution in [0.1, 0.15) is 46.6 Å². The fraction of sp³-hybridized carbons (Fsp3) is 0.562. The second kappa shape index (κ2) is 5.74. The molecule has 0 aliphatic heterocycles. The van der Waals surface area contributed by atoms with Crippen molar-refractivity contribution in [1.82, 2.24) is 15.1 Å². The highest BCUT2D eigenvalue weighted by Gasteiger charge is 2.11. The molecule has 1 aromatic carbocycles. The van der Waals surface area contributed by atoms with Gasteiger partial charge >= 0.3 is 0 Å². The topological polar surface area (TPSA) is 29.9 Å². The average molecular weight is 259 g/mol. The molecule has 0 saturated heterocycles. The first-order valence-corrected chi connectivity index (χ1v) is 7.15. The van der Waals surface area contributed by atoms with Gasteiger partial charge in [-0.25, -0.2) is 0 Å². The van der Waals surface area contributed by atoms with Gasteiger partial charge in [-0.3, -0.25) is 4.68 Å². The van der Waals surface area contributed by atoms with Crippen molar-refractivity contribution in [2.24, 2.45) is 0 Å². The van der Waals surface area contributed by atoms with Crippen LogP contribution in [0.15, 0.2) is 30.5 Å². The lowest BCUT2D eigenvalue weighted by Crippen LogP contribution is -2.36. The predicted molar refractivity (Wildman–Crippen MR) is 81.4 cm³/mol. The van der Waals surface area contributed by atoms with Gasteiger partial charge in [0.2, 0.25) is 0 Å². The number of hydrogen-bond donors (Lipinski definition) is 1. The minimum absolute atomic E-state index is 0.210. The Morgan fingerprint density at radius 1 is 1.26 bits per heavy atom. The molecule has 19 heavy (non-hydrogen) atoms. The van der Waals surface area contributed by atoms with E-state index in [-0.39, 0.29) is 5.54 Å². The summed E-state index contributed by atoms with van der Waals surface area (Å²) < 4.78 is 2.15. The Morgan fingerprint density at radius 3 is 2.74 bits per heavy atom. The molecule has 1 heterocycles. The van der Waals surface area contributed by atoms with Crippen LogP contribution >= 0.6 is 0 Å². The number of nitrogens with zero attached hydrogens (tertiary/aromatic N) is 2. The van der Waals surface area contributed by atoms with E-state index in [4.69, 9.17) is 0 Å². The first-order valence-electron chi connectivity index (χ1n) is 7.15. The van der Waals surface area contributed by atoms with E-state index in [2.05, 4.69) is 67.1 Å². The van der Waals surface area contributed by atoms with Crippen molar-refractivity contribution in [2.45, 2.75) is 52.1 Å². The van der Waals surface area contributed by atoms with Crippen LogP contribution < -0.4 is 5.32 Å². The molecule has 1 unspecified atom stereocenters. The van der Waals surface area contributed by atoms with E-state index in [1.165, 1.54) is 17.3 Å². The quantitative estimate of drug-likeness (QED) is 0.828. The van der Waals surface area contributed by atoms with Crippen LogP contribution in [0.4, 0.5) is 0 Å². The van der Waals surface area contributed by atoms with Gasteiger partial charge < -0.3 is 5.32 Å². The van der Waals surface area contributed by atoms with Gasteiger partial charge in [-0.05, 0) is 53.1 Å². The summed E-state index contributed by atoms with van der Waals surface area (Å²) in [5.41, 5.74) is 1.44. The van der Waals surface area contributed by atoms with Crippen LogP contribution in [0.3, 0.4) is 0 Å². The molecule has 104 valence electrons. The number of fused-ring (bicyclic) bond motifs is 1. The maximum atomic E-state index is 4.52. The first kappa shape index (κ1) is 14.1. The standard InChI is InChI=1S/C16H25N3/c1-13(8-7-11-17-16(2,3)4)19-15-10-6-5-9-14(15)12-18-19/h5-6,9-10,12-13,17H,7-8,11H2,1-4H3. The number of aromatic nitrogens is 2. The molecule has 0 saturated carbocycles. The Morgan fingerprint density at radius 2 is 2.00 bits per heavy atom. The first-order chi connectivity index (χ1) is 8.97. The Kier molecular flexibility index (Phi) is 4.25. The highest BCUT2D eigenvalue weighted by molar-refractivity contribution is 5.78. The van der Waals surface area contributed by atoms with Crippen molar-refractivity contribution in [3.8, 4) is 0 Å².